The minimum absolute atomic E-state index is 0.0105. The molecule has 5 nitrogen and oxygen atoms in total. The molecule has 0 spiro atoms. The summed E-state index contributed by atoms with van der Waals surface area (Å²) in [7, 11) is 3.65. The van der Waals surface area contributed by atoms with Gasteiger partial charge in [0.2, 0.25) is 5.28 Å². The first-order valence-electron chi connectivity index (χ1n) is 3.70. The first-order chi connectivity index (χ1) is 6.50. The van der Waals surface area contributed by atoms with Gasteiger partial charge in [-0.15, -0.1) is 0 Å². The van der Waals surface area contributed by atoms with Crippen LogP contribution < -0.4 is 5.73 Å². The normalized spacial score (nSPS) is 10.9. The van der Waals surface area contributed by atoms with Gasteiger partial charge in [-0.05, 0) is 11.6 Å². The van der Waals surface area contributed by atoms with E-state index in [1.807, 2.05) is 14.1 Å². The minimum Gasteiger partial charge on any atom is -0.382 e. The number of anilines is 1. The monoisotopic (exact) mass is 233 g/mol. The number of aliphatic imine (C=N–C) groups is 1. The molecule has 0 atom stereocenters. The molecule has 0 radical (unpaired) electrons. The quantitative estimate of drug-likeness (QED) is 0.365. The van der Waals surface area contributed by atoms with E-state index in [0.29, 0.717) is 5.69 Å². The highest BCUT2D eigenvalue weighted by Gasteiger charge is 2.07. The number of hydrogen-bond donors (Lipinski definition) is 1. The fourth-order valence-corrected chi connectivity index (χ4v) is 1.15. The van der Waals surface area contributed by atoms with Crippen LogP contribution in [0, 0.1) is 0 Å². The summed E-state index contributed by atoms with van der Waals surface area (Å²) in [5.74, 6) is 0.160. The van der Waals surface area contributed by atoms with E-state index in [-0.39, 0.29) is 16.3 Å². The van der Waals surface area contributed by atoms with Gasteiger partial charge in [0.25, 0.3) is 0 Å². The van der Waals surface area contributed by atoms with Gasteiger partial charge < -0.3 is 10.6 Å². The van der Waals surface area contributed by atoms with Gasteiger partial charge in [0.05, 0.1) is 6.34 Å². The highest BCUT2D eigenvalue weighted by Crippen LogP contribution is 2.28. The molecule has 1 heterocycles. The van der Waals surface area contributed by atoms with Gasteiger partial charge in [-0.3, -0.25) is 0 Å². The van der Waals surface area contributed by atoms with Crippen molar-refractivity contribution in [3.63, 3.8) is 0 Å². The molecular weight excluding hydrogens is 225 g/mol. The third-order valence-corrected chi connectivity index (χ3v) is 1.69. The Bertz CT molecular complexity index is 340. The Morgan fingerprint density at radius 1 is 1.36 bits per heavy atom. The van der Waals surface area contributed by atoms with E-state index in [1.165, 1.54) is 0 Å². The SMILES string of the molecule is CN(C)C=Nc1c(N)nc(Cl)nc1Cl. The van der Waals surface area contributed by atoms with E-state index in [4.69, 9.17) is 28.9 Å². The van der Waals surface area contributed by atoms with Crippen molar-refractivity contribution in [2.75, 3.05) is 19.8 Å². The molecule has 2 N–H and O–H groups in total. The third kappa shape index (κ3) is 2.71. The molecule has 1 aromatic rings. The van der Waals surface area contributed by atoms with Gasteiger partial charge in [-0.25, -0.2) is 9.98 Å². The summed E-state index contributed by atoms with van der Waals surface area (Å²) in [5, 5.41) is 0.150. The van der Waals surface area contributed by atoms with Gasteiger partial charge >= 0.3 is 0 Å². The maximum Gasteiger partial charge on any atom is 0.225 e. The van der Waals surface area contributed by atoms with E-state index >= 15 is 0 Å². The van der Waals surface area contributed by atoms with Crippen LogP contribution in [-0.4, -0.2) is 35.3 Å². The van der Waals surface area contributed by atoms with Gasteiger partial charge in [-0.2, -0.15) is 4.98 Å². The van der Waals surface area contributed by atoms with Crippen LogP contribution in [-0.2, 0) is 0 Å². The Morgan fingerprint density at radius 3 is 2.50 bits per heavy atom. The first kappa shape index (κ1) is 11.0. The molecule has 0 aliphatic heterocycles. The summed E-state index contributed by atoms with van der Waals surface area (Å²) in [6.07, 6.45) is 1.55. The molecule has 0 saturated carbocycles. The van der Waals surface area contributed by atoms with Crippen molar-refractivity contribution < 1.29 is 0 Å². The maximum absolute atomic E-state index is 5.77. The Balaban J connectivity index is 3.09. The van der Waals surface area contributed by atoms with Crippen LogP contribution in [0.5, 0.6) is 0 Å². The van der Waals surface area contributed by atoms with Crippen molar-refractivity contribution in [1.29, 1.82) is 0 Å². The highest BCUT2D eigenvalue weighted by atomic mass is 35.5. The predicted octanol–water partition coefficient (Wildman–Crippen LogP) is 1.59. The zero-order valence-corrected chi connectivity index (χ0v) is 9.21. The summed E-state index contributed by atoms with van der Waals surface area (Å²) in [5.41, 5.74) is 5.88. The minimum atomic E-state index is 0.0105. The third-order valence-electron chi connectivity index (χ3n) is 1.26. The highest BCUT2D eigenvalue weighted by molar-refractivity contribution is 6.34. The van der Waals surface area contributed by atoms with Gasteiger partial charge in [0.1, 0.15) is 5.69 Å². The van der Waals surface area contributed by atoms with E-state index < -0.39 is 0 Å². The molecule has 0 aliphatic carbocycles. The zero-order chi connectivity index (χ0) is 10.7. The van der Waals surface area contributed by atoms with Crippen LogP contribution in [0.25, 0.3) is 0 Å². The zero-order valence-electron chi connectivity index (χ0n) is 7.70. The van der Waals surface area contributed by atoms with Crippen LogP contribution >= 0.6 is 23.2 Å². The molecule has 1 aromatic heterocycles. The predicted molar refractivity (Wildman–Crippen MR) is 58.3 cm³/mol. The number of halogens is 2. The summed E-state index contributed by atoms with van der Waals surface area (Å²) < 4.78 is 0. The number of nitrogens with two attached hydrogens (primary N) is 1. The van der Waals surface area contributed by atoms with Crippen molar-refractivity contribution in [2.24, 2.45) is 4.99 Å². The van der Waals surface area contributed by atoms with Gasteiger partial charge in [-0.1, -0.05) is 11.6 Å². The van der Waals surface area contributed by atoms with Crippen LogP contribution in [0.1, 0.15) is 0 Å². The molecule has 14 heavy (non-hydrogen) atoms. The summed E-state index contributed by atoms with van der Waals surface area (Å²) in [4.78, 5) is 13.2. The molecular formula is C7H9Cl2N5. The van der Waals surface area contributed by atoms with E-state index in [9.17, 15) is 0 Å². The Morgan fingerprint density at radius 2 is 2.00 bits per heavy atom. The van der Waals surface area contributed by atoms with Crippen molar-refractivity contribution in [3.05, 3.63) is 10.4 Å². The lowest BCUT2D eigenvalue weighted by molar-refractivity contribution is 0.643. The maximum atomic E-state index is 5.77. The van der Waals surface area contributed by atoms with E-state index in [0.717, 1.165) is 0 Å². The standard InChI is InChI=1S/C7H9Cl2N5/c1-14(2)3-11-4-5(8)12-7(9)13-6(4)10/h3H,1-2H3,(H2,10,12,13). The number of rotatable bonds is 2. The second kappa shape index (κ2) is 4.43. The molecule has 76 valence electrons. The molecule has 0 aliphatic rings. The number of nitrogens with zero attached hydrogens (tertiary/aromatic N) is 4. The van der Waals surface area contributed by atoms with Gasteiger partial charge in [0.15, 0.2) is 11.0 Å². The Hall–Kier alpha value is -1.07. The topological polar surface area (TPSA) is 67.4 Å². The second-order valence-corrected chi connectivity index (χ2v) is 3.42. The largest absolute Gasteiger partial charge is 0.382 e. The summed E-state index contributed by atoms with van der Waals surface area (Å²) >= 11 is 11.3. The molecule has 0 saturated heterocycles. The molecule has 0 amide bonds. The smallest absolute Gasteiger partial charge is 0.225 e. The average molecular weight is 234 g/mol. The Kier molecular flexibility index (Phi) is 3.49. The molecule has 7 heteroatoms. The molecule has 1 rings (SSSR count). The van der Waals surface area contributed by atoms with Crippen molar-refractivity contribution in [2.45, 2.75) is 0 Å². The molecule has 0 fully saturated rings. The lowest BCUT2D eigenvalue weighted by Crippen LogP contribution is -2.07. The van der Waals surface area contributed by atoms with E-state index in [1.54, 1.807) is 11.2 Å². The average Bonchev–Trinajstić information content (AvgIpc) is 2.01. The van der Waals surface area contributed by atoms with Crippen molar-refractivity contribution >= 4 is 41.0 Å². The molecule has 0 aromatic carbocycles. The number of aromatic nitrogens is 2. The lowest BCUT2D eigenvalue weighted by Gasteiger charge is -2.04. The van der Waals surface area contributed by atoms with Crippen LogP contribution in [0.2, 0.25) is 10.4 Å². The fourth-order valence-electron chi connectivity index (χ4n) is 0.710. The lowest BCUT2D eigenvalue weighted by atomic mass is 10.5. The molecule has 0 bridgehead atoms. The van der Waals surface area contributed by atoms with Crippen LogP contribution in [0.4, 0.5) is 11.5 Å². The van der Waals surface area contributed by atoms with E-state index in [2.05, 4.69) is 15.0 Å². The van der Waals surface area contributed by atoms with Crippen LogP contribution in [0.3, 0.4) is 0 Å². The van der Waals surface area contributed by atoms with Crippen molar-refractivity contribution in [1.82, 2.24) is 14.9 Å². The second-order valence-electron chi connectivity index (χ2n) is 2.73. The van der Waals surface area contributed by atoms with Crippen LogP contribution in [0.15, 0.2) is 4.99 Å². The first-order valence-corrected chi connectivity index (χ1v) is 4.45. The summed E-state index contributed by atoms with van der Waals surface area (Å²) in [6.45, 7) is 0. The number of hydrogen-bond acceptors (Lipinski definition) is 4. The van der Waals surface area contributed by atoms with Crippen molar-refractivity contribution in [3.8, 4) is 0 Å². The number of nitrogen functional groups attached to an aromatic ring is 1. The fraction of sp³-hybridized carbons (Fsp3) is 0.286. The molecule has 0 unspecified atom stereocenters. The Labute approximate surface area is 91.6 Å². The van der Waals surface area contributed by atoms with Gasteiger partial charge in [0, 0.05) is 14.1 Å². The summed E-state index contributed by atoms with van der Waals surface area (Å²) in [6, 6.07) is 0.